The summed E-state index contributed by atoms with van der Waals surface area (Å²) in [5.41, 5.74) is 4.81. The molecule has 1 heterocycles. The second-order valence-corrected chi connectivity index (χ2v) is 8.67. The first-order valence-electron chi connectivity index (χ1n) is 10.7. The predicted molar refractivity (Wildman–Crippen MR) is 116 cm³/mol. The zero-order valence-corrected chi connectivity index (χ0v) is 17.8. The van der Waals surface area contributed by atoms with Gasteiger partial charge >= 0.3 is 0 Å². The third kappa shape index (κ3) is 5.83. The lowest BCUT2D eigenvalue weighted by molar-refractivity contribution is -0.121. The lowest BCUT2D eigenvalue weighted by Gasteiger charge is -2.24. The number of aryl methyl sites for hydroxylation is 1. The van der Waals surface area contributed by atoms with E-state index in [1.54, 1.807) is 0 Å². The van der Waals surface area contributed by atoms with Crippen LogP contribution in [0.15, 0.2) is 42.5 Å². The minimum atomic E-state index is -0.234. The van der Waals surface area contributed by atoms with E-state index in [0.29, 0.717) is 31.7 Å². The van der Waals surface area contributed by atoms with Crippen molar-refractivity contribution in [1.82, 2.24) is 5.32 Å². The van der Waals surface area contributed by atoms with Gasteiger partial charge in [0.05, 0.1) is 0 Å². The fourth-order valence-electron chi connectivity index (χ4n) is 3.93. The number of ether oxygens (including phenoxy) is 1. The highest BCUT2D eigenvalue weighted by Gasteiger charge is 2.35. The van der Waals surface area contributed by atoms with Crippen LogP contribution in [0.2, 0.25) is 0 Å². The summed E-state index contributed by atoms with van der Waals surface area (Å²) in [7, 11) is 0. The van der Waals surface area contributed by atoms with Crippen molar-refractivity contribution >= 4 is 5.91 Å². The van der Waals surface area contributed by atoms with Crippen molar-refractivity contribution in [3.05, 3.63) is 64.7 Å². The number of carbonyl (C=O) groups excluding carboxylic acids is 1. The van der Waals surface area contributed by atoms with Crippen molar-refractivity contribution < 1.29 is 14.6 Å². The SMILES string of the molecule is CC(C)c1ccc(C[C@@]2(C)Cc3cc(CCC(=O)NCCCO)ccc3O2)cc1. The zero-order valence-electron chi connectivity index (χ0n) is 17.8. The number of hydrogen-bond acceptors (Lipinski definition) is 3. The van der Waals surface area contributed by atoms with E-state index in [1.807, 2.05) is 6.07 Å². The Morgan fingerprint density at radius 1 is 1.17 bits per heavy atom. The Kier molecular flexibility index (Phi) is 6.96. The molecular formula is C25H33NO3. The van der Waals surface area contributed by atoms with Crippen molar-refractivity contribution in [2.45, 2.75) is 64.4 Å². The van der Waals surface area contributed by atoms with Gasteiger partial charge in [-0.2, -0.15) is 0 Å². The number of amides is 1. The van der Waals surface area contributed by atoms with Crippen LogP contribution in [0.3, 0.4) is 0 Å². The molecule has 0 spiro atoms. The molecule has 1 atom stereocenters. The predicted octanol–water partition coefficient (Wildman–Crippen LogP) is 4.18. The number of hydrogen-bond donors (Lipinski definition) is 2. The molecule has 2 aromatic rings. The van der Waals surface area contributed by atoms with Crippen LogP contribution in [0, 0.1) is 0 Å². The molecule has 4 nitrogen and oxygen atoms in total. The van der Waals surface area contributed by atoms with Gasteiger partial charge in [-0.15, -0.1) is 0 Å². The van der Waals surface area contributed by atoms with Gasteiger partial charge in [0.25, 0.3) is 0 Å². The summed E-state index contributed by atoms with van der Waals surface area (Å²) in [6.07, 6.45) is 3.53. The number of benzene rings is 2. The number of aliphatic hydroxyl groups is 1. The minimum Gasteiger partial charge on any atom is -0.487 e. The van der Waals surface area contributed by atoms with Crippen LogP contribution in [0.25, 0.3) is 0 Å². The summed E-state index contributed by atoms with van der Waals surface area (Å²) in [6.45, 7) is 7.24. The molecule has 156 valence electrons. The molecule has 29 heavy (non-hydrogen) atoms. The fraction of sp³-hybridized carbons (Fsp3) is 0.480. The maximum Gasteiger partial charge on any atom is 0.220 e. The van der Waals surface area contributed by atoms with Crippen LogP contribution in [-0.4, -0.2) is 29.8 Å². The van der Waals surface area contributed by atoms with Crippen molar-refractivity contribution in [3.63, 3.8) is 0 Å². The van der Waals surface area contributed by atoms with Crippen molar-refractivity contribution in [2.24, 2.45) is 0 Å². The van der Waals surface area contributed by atoms with Gasteiger partial charge in [-0.3, -0.25) is 4.79 Å². The van der Waals surface area contributed by atoms with Crippen LogP contribution in [0.1, 0.15) is 61.8 Å². The van der Waals surface area contributed by atoms with E-state index in [4.69, 9.17) is 9.84 Å². The van der Waals surface area contributed by atoms with E-state index >= 15 is 0 Å². The van der Waals surface area contributed by atoms with E-state index in [1.165, 1.54) is 16.7 Å². The average molecular weight is 396 g/mol. The highest BCUT2D eigenvalue weighted by molar-refractivity contribution is 5.76. The van der Waals surface area contributed by atoms with E-state index < -0.39 is 0 Å². The monoisotopic (exact) mass is 395 g/mol. The highest BCUT2D eigenvalue weighted by atomic mass is 16.5. The molecule has 0 aliphatic carbocycles. The average Bonchev–Trinajstić information content (AvgIpc) is 3.02. The summed E-state index contributed by atoms with van der Waals surface area (Å²) in [5.74, 6) is 1.54. The molecule has 1 aliphatic rings. The first-order valence-corrected chi connectivity index (χ1v) is 10.7. The number of fused-ring (bicyclic) bond motifs is 1. The lowest BCUT2D eigenvalue weighted by Crippen LogP contribution is -2.32. The Balaban J connectivity index is 1.57. The molecule has 0 saturated carbocycles. The fourth-order valence-corrected chi connectivity index (χ4v) is 3.93. The molecule has 4 heteroatoms. The van der Waals surface area contributed by atoms with E-state index in [2.05, 4.69) is 62.5 Å². The molecule has 0 radical (unpaired) electrons. The lowest BCUT2D eigenvalue weighted by atomic mass is 9.90. The van der Waals surface area contributed by atoms with E-state index in [0.717, 1.165) is 24.2 Å². The van der Waals surface area contributed by atoms with Gasteiger partial charge in [0.1, 0.15) is 11.4 Å². The van der Waals surface area contributed by atoms with Crippen LogP contribution >= 0.6 is 0 Å². The quantitative estimate of drug-likeness (QED) is 0.626. The second kappa shape index (κ2) is 9.45. The van der Waals surface area contributed by atoms with Gasteiger partial charge in [-0.05, 0) is 54.0 Å². The molecular weight excluding hydrogens is 362 g/mol. The Labute approximate surface area is 174 Å². The van der Waals surface area contributed by atoms with Crippen LogP contribution in [-0.2, 0) is 24.1 Å². The summed E-state index contributed by atoms with van der Waals surface area (Å²) >= 11 is 0. The molecule has 0 bridgehead atoms. The summed E-state index contributed by atoms with van der Waals surface area (Å²) in [4.78, 5) is 11.9. The molecule has 2 N–H and O–H groups in total. The van der Waals surface area contributed by atoms with E-state index in [-0.39, 0.29) is 18.1 Å². The normalized spacial score (nSPS) is 17.8. The zero-order chi connectivity index (χ0) is 20.9. The van der Waals surface area contributed by atoms with Crippen molar-refractivity contribution in [1.29, 1.82) is 0 Å². The number of nitrogens with one attached hydrogen (secondary N) is 1. The Bertz CT molecular complexity index is 828. The van der Waals surface area contributed by atoms with E-state index in [9.17, 15) is 4.79 Å². The van der Waals surface area contributed by atoms with Crippen molar-refractivity contribution in [2.75, 3.05) is 13.2 Å². The molecule has 0 aromatic heterocycles. The molecule has 2 aromatic carbocycles. The van der Waals surface area contributed by atoms with Gasteiger partial charge in [0.15, 0.2) is 0 Å². The number of carbonyl (C=O) groups is 1. The Morgan fingerprint density at radius 2 is 1.90 bits per heavy atom. The van der Waals surface area contributed by atoms with Gasteiger partial charge < -0.3 is 15.2 Å². The Morgan fingerprint density at radius 3 is 2.59 bits per heavy atom. The van der Waals surface area contributed by atoms with Crippen LogP contribution in [0.4, 0.5) is 0 Å². The van der Waals surface area contributed by atoms with Crippen molar-refractivity contribution in [3.8, 4) is 5.75 Å². The standard InChI is InChI=1S/C25H33NO3/c1-18(2)21-9-5-20(6-10-21)16-25(3)17-22-15-19(7-11-23(22)29-25)8-12-24(28)26-13-4-14-27/h5-7,9-11,15,18,27H,4,8,12-14,16-17H2,1-3H3,(H,26,28)/t25-/m0/s1. The third-order valence-corrected chi connectivity index (χ3v) is 5.57. The number of rotatable bonds is 9. The van der Waals surface area contributed by atoms with Gasteiger partial charge in [-0.25, -0.2) is 0 Å². The minimum absolute atomic E-state index is 0.0323. The summed E-state index contributed by atoms with van der Waals surface area (Å²) in [5, 5.41) is 11.6. The highest BCUT2D eigenvalue weighted by Crippen LogP contribution is 2.37. The van der Waals surface area contributed by atoms with Gasteiger partial charge in [-0.1, -0.05) is 50.2 Å². The maximum atomic E-state index is 11.9. The third-order valence-electron chi connectivity index (χ3n) is 5.57. The smallest absolute Gasteiger partial charge is 0.220 e. The second-order valence-electron chi connectivity index (χ2n) is 8.67. The largest absolute Gasteiger partial charge is 0.487 e. The topological polar surface area (TPSA) is 58.6 Å². The van der Waals surface area contributed by atoms with Gasteiger partial charge in [0.2, 0.25) is 5.91 Å². The Hall–Kier alpha value is -2.33. The molecule has 1 amide bonds. The summed E-state index contributed by atoms with van der Waals surface area (Å²) < 4.78 is 6.32. The van der Waals surface area contributed by atoms with Crippen LogP contribution in [0.5, 0.6) is 5.75 Å². The first kappa shape index (κ1) is 21.4. The van der Waals surface area contributed by atoms with Crippen LogP contribution < -0.4 is 10.1 Å². The molecule has 0 saturated heterocycles. The molecule has 0 unspecified atom stereocenters. The summed E-state index contributed by atoms with van der Waals surface area (Å²) in [6, 6.07) is 15.2. The molecule has 1 aliphatic heterocycles. The molecule has 3 rings (SSSR count). The number of aliphatic hydroxyl groups excluding tert-OH is 1. The first-order chi connectivity index (χ1) is 13.9. The molecule has 0 fully saturated rings. The maximum absolute atomic E-state index is 11.9. The van der Waals surface area contributed by atoms with Gasteiger partial charge in [0, 0.05) is 32.4 Å².